The molecule has 0 radical (unpaired) electrons. The number of hydrogen-bond acceptors (Lipinski definition) is 6. The van der Waals surface area contributed by atoms with Gasteiger partial charge in [0.1, 0.15) is 18.0 Å². The fourth-order valence-electron chi connectivity index (χ4n) is 2.27. The van der Waals surface area contributed by atoms with Crippen LogP contribution in [-0.4, -0.2) is 39.2 Å². The Hall–Kier alpha value is -2.37. The van der Waals surface area contributed by atoms with Gasteiger partial charge in [0.2, 0.25) is 15.9 Å². The Morgan fingerprint density at radius 2 is 2.00 bits per heavy atom. The number of ether oxygens (including phenoxy) is 1. The summed E-state index contributed by atoms with van der Waals surface area (Å²) in [4.78, 5) is 22.8. The highest BCUT2D eigenvalue weighted by molar-refractivity contribution is 9.10. The fourth-order valence-corrected chi connectivity index (χ4v) is 3.55. The van der Waals surface area contributed by atoms with E-state index in [1.54, 1.807) is 12.1 Å². The van der Waals surface area contributed by atoms with Crippen molar-refractivity contribution in [2.24, 2.45) is 0 Å². The summed E-state index contributed by atoms with van der Waals surface area (Å²) in [5.41, 5.74) is -0.106. The number of carbonyl (C=O) groups excluding carboxylic acids is 1. The molecule has 1 amide bonds. The molecule has 0 aromatic heterocycles. The molecule has 2 aromatic rings. The lowest BCUT2D eigenvalue weighted by Gasteiger charge is -2.23. The standard InChI is InChI=1S/C16H15BrClN3O6S/c1-27-15-6-4-11(21(23)24)8-14(15)20(28(2,25)26)9-16(22)19-10-3-5-12(17)13(18)7-10/h3-8H,9H2,1-2H3,(H,19,22). The third-order valence-corrected chi connectivity index (χ3v) is 5.89. The number of amides is 1. The molecule has 0 unspecified atom stereocenters. The number of methoxy groups -OCH3 is 1. The minimum atomic E-state index is -3.96. The number of sulfonamides is 1. The molecule has 150 valence electrons. The number of halogens is 2. The van der Waals surface area contributed by atoms with Gasteiger partial charge in [0.25, 0.3) is 5.69 Å². The molecule has 0 spiro atoms. The van der Waals surface area contributed by atoms with E-state index in [9.17, 15) is 23.3 Å². The molecule has 0 aliphatic carbocycles. The van der Waals surface area contributed by atoms with Crippen LogP contribution in [0.15, 0.2) is 40.9 Å². The van der Waals surface area contributed by atoms with Crippen molar-refractivity contribution in [2.45, 2.75) is 0 Å². The van der Waals surface area contributed by atoms with Crippen molar-refractivity contribution in [1.82, 2.24) is 0 Å². The van der Waals surface area contributed by atoms with Crippen molar-refractivity contribution in [3.8, 4) is 5.75 Å². The molecule has 0 atom stereocenters. The Kier molecular flexibility index (Phi) is 6.86. The van der Waals surface area contributed by atoms with E-state index in [1.807, 2.05) is 0 Å². The normalized spacial score (nSPS) is 11.0. The van der Waals surface area contributed by atoms with Gasteiger partial charge < -0.3 is 10.1 Å². The van der Waals surface area contributed by atoms with Crippen molar-refractivity contribution >= 4 is 60.5 Å². The molecule has 0 saturated carbocycles. The van der Waals surface area contributed by atoms with Crippen molar-refractivity contribution in [2.75, 3.05) is 29.5 Å². The number of nitro groups is 1. The molecule has 9 nitrogen and oxygen atoms in total. The average Bonchev–Trinajstić information content (AvgIpc) is 2.61. The van der Waals surface area contributed by atoms with Gasteiger partial charge in [-0.1, -0.05) is 11.6 Å². The summed E-state index contributed by atoms with van der Waals surface area (Å²) in [5, 5.41) is 13.9. The third-order valence-electron chi connectivity index (χ3n) is 3.53. The number of carbonyl (C=O) groups is 1. The van der Waals surface area contributed by atoms with Crippen LogP contribution < -0.4 is 14.4 Å². The molecule has 28 heavy (non-hydrogen) atoms. The van der Waals surface area contributed by atoms with Crippen LogP contribution in [0.1, 0.15) is 0 Å². The van der Waals surface area contributed by atoms with Crippen molar-refractivity contribution in [3.63, 3.8) is 0 Å². The van der Waals surface area contributed by atoms with E-state index in [1.165, 1.54) is 25.3 Å². The summed E-state index contributed by atoms with van der Waals surface area (Å²) in [6.07, 6.45) is 0.884. The first-order valence-corrected chi connectivity index (χ1v) is 10.6. The summed E-state index contributed by atoms with van der Waals surface area (Å²) in [6, 6.07) is 8.15. The van der Waals surface area contributed by atoms with E-state index in [-0.39, 0.29) is 17.1 Å². The molecule has 0 heterocycles. The molecule has 0 aliphatic rings. The number of anilines is 2. The maximum absolute atomic E-state index is 12.4. The predicted molar refractivity (Wildman–Crippen MR) is 110 cm³/mol. The molecular formula is C16H15BrClN3O6S. The largest absolute Gasteiger partial charge is 0.495 e. The average molecular weight is 493 g/mol. The van der Waals surface area contributed by atoms with Crippen molar-refractivity contribution in [1.29, 1.82) is 0 Å². The lowest BCUT2D eigenvalue weighted by atomic mass is 10.2. The Bertz CT molecular complexity index is 1030. The summed E-state index contributed by atoms with van der Waals surface area (Å²) in [5.74, 6) is -0.604. The SMILES string of the molecule is COc1ccc([N+](=O)[O-])cc1N(CC(=O)Nc1ccc(Br)c(Cl)c1)S(C)(=O)=O. The zero-order valence-electron chi connectivity index (χ0n) is 14.7. The Balaban J connectivity index is 2.37. The van der Waals surface area contributed by atoms with Gasteiger partial charge in [-0.15, -0.1) is 0 Å². The number of rotatable bonds is 7. The van der Waals surface area contributed by atoms with E-state index < -0.39 is 27.4 Å². The van der Waals surface area contributed by atoms with Crippen molar-refractivity contribution < 1.29 is 22.9 Å². The minimum absolute atomic E-state index is 0.0653. The van der Waals surface area contributed by atoms with Crippen LogP contribution in [0.3, 0.4) is 0 Å². The molecule has 1 N–H and O–H groups in total. The highest BCUT2D eigenvalue weighted by Gasteiger charge is 2.26. The van der Waals surface area contributed by atoms with Crippen LogP contribution in [0.4, 0.5) is 17.1 Å². The first-order chi connectivity index (χ1) is 13.0. The Morgan fingerprint density at radius 3 is 2.54 bits per heavy atom. The van der Waals surface area contributed by atoms with Crippen LogP contribution in [0.25, 0.3) is 0 Å². The predicted octanol–water partition coefficient (Wildman–Crippen LogP) is 3.42. The monoisotopic (exact) mass is 491 g/mol. The number of non-ortho nitro benzene ring substituents is 1. The number of nitro benzene ring substituents is 1. The lowest BCUT2D eigenvalue weighted by molar-refractivity contribution is -0.384. The van der Waals surface area contributed by atoms with E-state index in [2.05, 4.69) is 21.2 Å². The summed E-state index contributed by atoms with van der Waals surface area (Å²) < 4.78 is 31.0. The van der Waals surface area contributed by atoms with Gasteiger partial charge in [-0.25, -0.2) is 8.42 Å². The molecule has 0 aliphatic heterocycles. The second-order valence-electron chi connectivity index (χ2n) is 5.56. The van der Waals surface area contributed by atoms with Gasteiger partial charge in [0, 0.05) is 22.3 Å². The second kappa shape index (κ2) is 8.76. The molecule has 0 saturated heterocycles. The van der Waals surface area contributed by atoms with E-state index in [4.69, 9.17) is 16.3 Å². The van der Waals surface area contributed by atoms with Crippen LogP contribution in [0.2, 0.25) is 5.02 Å². The number of benzene rings is 2. The van der Waals surface area contributed by atoms with Gasteiger partial charge >= 0.3 is 0 Å². The number of nitrogens with zero attached hydrogens (tertiary/aromatic N) is 2. The van der Waals surface area contributed by atoms with Gasteiger partial charge in [-0.3, -0.25) is 19.2 Å². The summed E-state index contributed by atoms with van der Waals surface area (Å²) >= 11 is 9.20. The first-order valence-electron chi connectivity index (χ1n) is 7.58. The topological polar surface area (TPSA) is 119 Å². The van der Waals surface area contributed by atoms with Crippen LogP contribution in [0, 0.1) is 10.1 Å². The van der Waals surface area contributed by atoms with Gasteiger partial charge in [-0.2, -0.15) is 0 Å². The van der Waals surface area contributed by atoms with Crippen LogP contribution in [0.5, 0.6) is 5.75 Å². The molecular weight excluding hydrogens is 478 g/mol. The van der Waals surface area contributed by atoms with Gasteiger partial charge in [0.15, 0.2) is 0 Å². The molecule has 2 rings (SSSR count). The number of nitrogens with one attached hydrogen (secondary N) is 1. The zero-order valence-corrected chi connectivity index (χ0v) is 17.8. The molecule has 12 heteroatoms. The number of hydrogen-bond donors (Lipinski definition) is 1. The smallest absolute Gasteiger partial charge is 0.271 e. The van der Waals surface area contributed by atoms with Crippen molar-refractivity contribution in [3.05, 3.63) is 56.0 Å². The van der Waals surface area contributed by atoms with Gasteiger partial charge in [-0.05, 0) is 40.2 Å². The fraction of sp³-hybridized carbons (Fsp3) is 0.188. The second-order valence-corrected chi connectivity index (χ2v) is 8.73. The maximum Gasteiger partial charge on any atom is 0.271 e. The van der Waals surface area contributed by atoms with E-state index >= 15 is 0 Å². The minimum Gasteiger partial charge on any atom is -0.495 e. The quantitative estimate of drug-likeness (QED) is 0.467. The maximum atomic E-state index is 12.4. The van der Waals surface area contributed by atoms with Crippen LogP contribution >= 0.6 is 27.5 Å². The highest BCUT2D eigenvalue weighted by Crippen LogP contribution is 2.33. The van der Waals surface area contributed by atoms with Gasteiger partial charge in [0.05, 0.1) is 23.3 Å². The Labute approximate surface area is 174 Å². The summed E-state index contributed by atoms with van der Waals surface area (Å²) in [7, 11) is -2.67. The zero-order chi connectivity index (χ0) is 21.1. The molecule has 2 aromatic carbocycles. The summed E-state index contributed by atoms with van der Waals surface area (Å²) in [6.45, 7) is -0.621. The van der Waals surface area contributed by atoms with E-state index in [0.29, 0.717) is 15.2 Å². The molecule has 0 bridgehead atoms. The first kappa shape index (κ1) is 21.9. The lowest BCUT2D eigenvalue weighted by Crippen LogP contribution is -2.37. The third kappa shape index (κ3) is 5.33. The van der Waals surface area contributed by atoms with Crippen LogP contribution in [-0.2, 0) is 14.8 Å². The molecule has 0 fully saturated rings. The Morgan fingerprint density at radius 1 is 1.32 bits per heavy atom. The highest BCUT2D eigenvalue weighted by atomic mass is 79.9. The van der Waals surface area contributed by atoms with E-state index in [0.717, 1.165) is 16.6 Å².